The van der Waals surface area contributed by atoms with E-state index < -0.39 is 0 Å². The molecule has 1 heterocycles. The number of aldehydes is 1. The molecule has 4 rings (SSSR count). The summed E-state index contributed by atoms with van der Waals surface area (Å²) in [6, 6.07) is 22.7. The lowest BCUT2D eigenvalue weighted by atomic mass is 9.94. The Balaban J connectivity index is 1.90. The summed E-state index contributed by atoms with van der Waals surface area (Å²) in [5, 5.41) is 3.01. The Labute approximate surface area is 204 Å². The van der Waals surface area contributed by atoms with E-state index >= 15 is 0 Å². The number of ether oxygens (including phenoxy) is 1. The molecule has 0 saturated carbocycles. The Hall–Kier alpha value is -4.19. The van der Waals surface area contributed by atoms with Crippen LogP contribution in [0.15, 0.2) is 78.9 Å². The summed E-state index contributed by atoms with van der Waals surface area (Å²) < 4.78 is 20.8. The lowest BCUT2D eigenvalue weighted by Gasteiger charge is -2.16. The summed E-state index contributed by atoms with van der Waals surface area (Å²) in [5.74, 6) is 0.0214. The number of methoxy groups -OCH3 is 1. The van der Waals surface area contributed by atoms with E-state index in [2.05, 4.69) is 5.32 Å². The van der Waals surface area contributed by atoms with Crippen molar-refractivity contribution in [1.29, 1.82) is 0 Å². The number of aromatic nitrogens is 1. The van der Waals surface area contributed by atoms with Gasteiger partial charge < -0.3 is 14.6 Å². The Morgan fingerprint density at radius 2 is 1.66 bits per heavy atom. The number of rotatable bonds is 8. The first-order valence-corrected chi connectivity index (χ1v) is 11.4. The molecule has 178 valence electrons. The smallest absolute Gasteiger partial charge is 0.268 e. The van der Waals surface area contributed by atoms with E-state index in [-0.39, 0.29) is 24.3 Å². The number of nitrogens with zero attached hydrogens (tertiary/aromatic N) is 1. The third-order valence-corrected chi connectivity index (χ3v) is 5.87. The average molecular weight is 471 g/mol. The Kier molecular flexibility index (Phi) is 7.11. The Morgan fingerprint density at radius 1 is 0.971 bits per heavy atom. The Bertz CT molecular complexity index is 1340. The highest BCUT2D eigenvalue weighted by molar-refractivity contribution is 6.08. The molecular weight excluding hydrogens is 443 g/mol. The maximum absolute atomic E-state index is 13.7. The summed E-state index contributed by atoms with van der Waals surface area (Å²) >= 11 is 0. The van der Waals surface area contributed by atoms with Gasteiger partial charge in [0.15, 0.2) is 6.29 Å². The van der Waals surface area contributed by atoms with E-state index in [0.717, 1.165) is 17.4 Å². The molecule has 0 fully saturated rings. The van der Waals surface area contributed by atoms with E-state index in [1.807, 2.05) is 68.4 Å². The van der Waals surface area contributed by atoms with Gasteiger partial charge in [0.05, 0.1) is 12.8 Å². The van der Waals surface area contributed by atoms with Gasteiger partial charge in [0.2, 0.25) is 0 Å². The molecule has 0 radical (unpaired) electrons. The molecule has 0 saturated heterocycles. The summed E-state index contributed by atoms with van der Waals surface area (Å²) in [6.07, 6.45) is 0.768. The first-order chi connectivity index (χ1) is 16.9. The predicted molar refractivity (Wildman–Crippen MR) is 135 cm³/mol. The minimum Gasteiger partial charge on any atom is -0.497 e. The zero-order chi connectivity index (χ0) is 24.9. The molecule has 0 aliphatic heterocycles. The molecule has 0 aliphatic carbocycles. The second kappa shape index (κ2) is 10.4. The Morgan fingerprint density at radius 3 is 2.29 bits per heavy atom. The lowest BCUT2D eigenvalue weighted by Crippen LogP contribution is -2.27. The van der Waals surface area contributed by atoms with Crippen LogP contribution in [0.4, 0.5) is 4.39 Å². The summed E-state index contributed by atoms with van der Waals surface area (Å²) in [5.41, 5.74) is 4.33. The van der Waals surface area contributed by atoms with Crippen LogP contribution in [0.25, 0.3) is 22.3 Å². The summed E-state index contributed by atoms with van der Waals surface area (Å²) in [6.45, 7) is 4.14. The van der Waals surface area contributed by atoms with Crippen molar-refractivity contribution in [1.82, 2.24) is 9.88 Å². The van der Waals surface area contributed by atoms with Gasteiger partial charge in [-0.3, -0.25) is 9.59 Å². The zero-order valence-electron chi connectivity index (χ0n) is 19.9. The molecule has 0 atom stereocenters. The van der Waals surface area contributed by atoms with E-state index in [1.54, 1.807) is 23.8 Å². The van der Waals surface area contributed by atoms with Crippen molar-refractivity contribution >= 4 is 12.2 Å². The van der Waals surface area contributed by atoms with Crippen molar-refractivity contribution in [2.75, 3.05) is 7.11 Å². The van der Waals surface area contributed by atoms with Gasteiger partial charge >= 0.3 is 0 Å². The number of halogens is 1. The van der Waals surface area contributed by atoms with Gasteiger partial charge in [-0.1, -0.05) is 54.6 Å². The second-order valence-corrected chi connectivity index (χ2v) is 8.47. The number of nitrogens with one attached hydrogen (secondary N) is 1. The number of hydrogen-bond acceptors (Lipinski definition) is 3. The molecule has 1 aromatic heterocycles. The molecule has 1 N–H and O–H groups in total. The fraction of sp³-hybridized carbons (Fsp3) is 0.172. The van der Waals surface area contributed by atoms with Crippen LogP contribution in [0.1, 0.15) is 46.4 Å². The van der Waals surface area contributed by atoms with Crippen LogP contribution in [0.3, 0.4) is 0 Å². The fourth-order valence-electron chi connectivity index (χ4n) is 4.33. The first-order valence-electron chi connectivity index (χ1n) is 11.4. The molecule has 5 nitrogen and oxygen atoms in total. The summed E-state index contributed by atoms with van der Waals surface area (Å²) in [4.78, 5) is 26.1. The topological polar surface area (TPSA) is 60.3 Å². The van der Waals surface area contributed by atoms with Gasteiger partial charge in [-0.25, -0.2) is 4.39 Å². The highest BCUT2D eigenvalue weighted by Crippen LogP contribution is 2.41. The lowest BCUT2D eigenvalue weighted by molar-refractivity contribution is 0.0940. The standard InChI is InChI=1S/C29H27FN2O3/c1-19(2)32-25(18-33)26(22-12-14-23(30)15-13-22)27(21-9-5-4-6-10-21)28(32)29(34)31-17-20-8-7-11-24(16-20)35-3/h4-16,18-19H,17H2,1-3H3,(H,31,34). The van der Waals surface area contributed by atoms with Crippen molar-refractivity contribution in [3.05, 3.63) is 102 Å². The van der Waals surface area contributed by atoms with Gasteiger partial charge in [-0.2, -0.15) is 0 Å². The van der Waals surface area contributed by atoms with Gasteiger partial charge in [-0.15, -0.1) is 0 Å². The zero-order valence-corrected chi connectivity index (χ0v) is 19.9. The van der Waals surface area contributed by atoms with Gasteiger partial charge in [-0.05, 0) is 54.8 Å². The normalized spacial score (nSPS) is 10.9. The first kappa shape index (κ1) is 24.0. The van der Waals surface area contributed by atoms with Crippen LogP contribution in [0.2, 0.25) is 0 Å². The summed E-state index contributed by atoms with van der Waals surface area (Å²) in [7, 11) is 1.59. The number of hydrogen-bond donors (Lipinski definition) is 1. The highest BCUT2D eigenvalue weighted by atomic mass is 19.1. The predicted octanol–water partition coefficient (Wildman–Crippen LogP) is 6.29. The molecule has 35 heavy (non-hydrogen) atoms. The number of amides is 1. The molecule has 0 spiro atoms. The number of carbonyl (C=O) groups is 2. The minimum atomic E-state index is -0.373. The number of carbonyl (C=O) groups excluding carboxylic acids is 2. The molecule has 4 aromatic rings. The third-order valence-electron chi connectivity index (χ3n) is 5.87. The molecule has 0 aliphatic rings. The average Bonchev–Trinajstić information content (AvgIpc) is 3.24. The molecule has 0 bridgehead atoms. The third kappa shape index (κ3) is 4.87. The van der Waals surface area contributed by atoms with Crippen LogP contribution in [0.5, 0.6) is 5.75 Å². The van der Waals surface area contributed by atoms with E-state index in [0.29, 0.717) is 33.8 Å². The van der Waals surface area contributed by atoms with Gasteiger partial charge in [0.25, 0.3) is 5.91 Å². The van der Waals surface area contributed by atoms with Crippen molar-refractivity contribution in [2.24, 2.45) is 0 Å². The SMILES string of the molecule is COc1cccc(CNC(=O)c2c(-c3ccccc3)c(-c3ccc(F)cc3)c(C=O)n2C(C)C)c1. The molecule has 3 aromatic carbocycles. The van der Waals surface area contributed by atoms with Crippen LogP contribution in [-0.4, -0.2) is 23.9 Å². The molecule has 1 amide bonds. The van der Waals surface area contributed by atoms with Crippen LogP contribution in [-0.2, 0) is 6.54 Å². The maximum Gasteiger partial charge on any atom is 0.268 e. The van der Waals surface area contributed by atoms with Gasteiger partial charge in [0.1, 0.15) is 17.3 Å². The van der Waals surface area contributed by atoms with Crippen molar-refractivity contribution < 1.29 is 18.7 Å². The van der Waals surface area contributed by atoms with Gasteiger partial charge in [0, 0.05) is 23.7 Å². The quantitative estimate of drug-likeness (QED) is 0.308. The highest BCUT2D eigenvalue weighted by Gasteiger charge is 2.29. The van der Waals surface area contributed by atoms with Crippen LogP contribution < -0.4 is 10.1 Å². The van der Waals surface area contributed by atoms with Crippen molar-refractivity contribution in [3.63, 3.8) is 0 Å². The van der Waals surface area contributed by atoms with Crippen LogP contribution >= 0.6 is 0 Å². The van der Waals surface area contributed by atoms with E-state index in [9.17, 15) is 14.0 Å². The van der Waals surface area contributed by atoms with E-state index in [4.69, 9.17) is 4.74 Å². The van der Waals surface area contributed by atoms with Crippen molar-refractivity contribution in [3.8, 4) is 28.0 Å². The molecular formula is C29H27FN2O3. The molecule has 6 heteroatoms. The number of benzene rings is 3. The van der Waals surface area contributed by atoms with E-state index in [1.165, 1.54) is 12.1 Å². The second-order valence-electron chi connectivity index (χ2n) is 8.47. The largest absolute Gasteiger partial charge is 0.497 e. The monoisotopic (exact) mass is 470 g/mol. The fourth-order valence-corrected chi connectivity index (χ4v) is 4.33. The minimum absolute atomic E-state index is 0.176. The maximum atomic E-state index is 13.7. The van der Waals surface area contributed by atoms with Crippen LogP contribution in [0, 0.1) is 5.82 Å². The van der Waals surface area contributed by atoms with Crippen molar-refractivity contribution in [2.45, 2.75) is 26.4 Å². The molecule has 0 unspecified atom stereocenters.